The summed E-state index contributed by atoms with van der Waals surface area (Å²) >= 11 is 0. The lowest BCUT2D eigenvalue weighted by atomic mass is 10.0. The second-order valence-corrected chi connectivity index (χ2v) is 10.4. The zero-order valence-corrected chi connectivity index (χ0v) is 19.9. The van der Waals surface area contributed by atoms with Gasteiger partial charge in [-0.1, -0.05) is 12.1 Å². The molecule has 0 fully saturated rings. The number of carbonyl (C=O) groups is 1. The Bertz CT molecular complexity index is 1600. The second kappa shape index (κ2) is 9.11. The third-order valence-corrected chi connectivity index (χ3v) is 7.83. The monoisotopic (exact) mass is 531 g/mol. The molecule has 1 aliphatic heterocycles. The Morgan fingerprint density at radius 3 is 2.68 bits per heavy atom. The van der Waals surface area contributed by atoms with E-state index in [4.69, 9.17) is 9.84 Å². The number of sulfonamides is 1. The molecular formula is C25H20F3N3O5S. The number of halogens is 3. The van der Waals surface area contributed by atoms with Crippen LogP contribution in [0.5, 0.6) is 5.75 Å². The Balaban J connectivity index is 1.62. The summed E-state index contributed by atoms with van der Waals surface area (Å²) < 4.78 is 76.1. The first kappa shape index (κ1) is 24.6. The number of rotatable bonds is 6. The van der Waals surface area contributed by atoms with Gasteiger partial charge in [0.25, 0.3) is 10.0 Å². The first-order chi connectivity index (χ1) is 17.5. The van der Waals surface area contributed by atoms with Crippen LogP contribution in [-0.4, -0.2) is 41.5 Å². The number of anilines is 1. The van der Waals surface area contributed by atoms with Crippen LogP contribution in [-0.2, 0) is 21.0 Å². The van der Waals surface area contributed by atoms with Gasteiger partial charge in [0.2, 0.25) is 0 Å². The topological polar surface area (TPSA) is 101 Å². The Morgan fingerprint density at radius 2 is 1.92 bits per heavy atom. The van der Waals surface area contributed by atoms with Crippen molar-refractivity contribution in [1.29, 1.82) is 0 Å². The zero-order chi connectivity index (χ0) is 26.4. The highest BCUT2D eigenvalue weighted by Gasteiger charge is 2.37. The van der Waals surface area contributed by atoms with Crippen molar-refractivity contribution in [3.63, 3.8) is 0 Å². The number of hydrogen-bond donors (Lipinski definition) is 1. The fraction of sp³-hybridized carbons (Fsp3) is 0.200. The van der Waals surface area contributed by atoms with Gasteiger partial charge in [-0.15, -0.1) is 0 Å². The maximum Gasteiger partial charge on any atom is 0.416 e. The smallest absolute Gasteiger partial charge is 0.416 e. The summed E-state index contributed by atoms with van der Waals surface area (Å²) in [5.41, 5.74) is 0.997. The molecule has 5 rings (SSSR count). The molecule has 2 aromatic carbocycles. The number of imidazole rings is 1. The van der Waals surface area contributed by atoms with E-state index in [-0.39, 0.29) is 30.8 Å². The van der Waals surface area contributed by atoms with Crippen molar-refractivity contribution in [2.24, 2.45) is 0 Å². The van der Waals surface area contributed by atoms with Gasteiger partial charge in [-0.25, -0.2) is 13.4 Å². The number of benzene rings is 2. The predicted octanol–water partition coefficient (Wildman–Crippen LogP) is 4.84. The number of aromatic nitrogens is 2. The molecule has 37 heavy (non-hydrogen) atoms. The minimum absolute atomic E-state index is 0.0124. The minimum atomic E-state index is -4.73. The molecule has 3 heterocycles. The van der Waals surface area contributed by atoms with E-state index < -0.39 is 38.7 Å². The molecule has 1 N–H and O–H groups in total. The van der Waals surface area contributed by atoms with Crippen LogP contribution in [0.3, 0.4) is 0 Å². The fourth-order valence-electron chi connectivity index (χ4n) is 4.28. The van der Waals surface area contributed by atoms with Crippen molar-refractivity contribution in [3.8, 4) is 16.9 Å². The summed E-state index contributed by atoms with van der Waals surface area (Å²) in [4.78, 5) is 14.9. The number of fused-ring (bicyclic) bond motifs is 2. The molecule has 0 bridgehead atoms. The number of carboxylic acid groups (broad SMARTS) is 1. The Morgan fingerprint density at radius 1 is 1.11 bits per heavy atom. The average molecular weight is 532 g/mol. The normalized spacial score (nSPS) is 15.9. The minimum Gasteiger partial charge on any atom is -0.486 e. The van der Waals surface area contributed by atoms with Gasteiger partial charge in [-0.3, -0.25) is 9.10 Å². The summed E-state index contributed by atoms with van der Waals surface area (Å²) in [6.07, 6.45) is -0.601. The average Bonchev–Trinajstić information content (AvgIpc) is 3.35. The first-order valence-corrected chi connectivity index (χ1v) is 12.6. The maximum atomic E-state index is 13.7. The molecular weight excluding hydrogens is 511 g/mol. The Labute approximate surface area is 209 Å². The van der Waals surface area contributed by atoms with E-state index in [1.165, 1.54) is 0 Å². The summed E-state index contributed by atoms with van der Waals surface area (Å²) in [6.45, 7) is -0.268. The van der Waals surface area contributed by atoms with Crippen molar-refractivity contribution in [2.45, 2.75) is 30.0 Å². The lowest BCUT2D eigenvalue weighted by Crippen LogP contribution is -2.43. The third-order valence-electron chi connectivity index (χ3n) is 6.05. The van der Waals surface area contributed by atoms with Crippen LogP contribution in [0.25, 0.3) is 16.8 Å². The van der Waals surface area contributed by atoms with E-state index in [0.29, 0.717) is 22.8 Å². The molecule has 1 aliphatic rings. The molecule has 1 unspecified atom stereocenters. The highest BCUT2D eigenvalue weighted by molar-refractivity contribution is 7.92. The van der Waals surface area contributed by atoms with Crippen molar-refractivity contribution < 1.29 is 36.2 Å². The fourth-order valence-corrected chi connectivity index (χ4v) is 5.82. The summed E-state index contributed by atoms with van der Waals surface area (Å²) in [5, 5.41) is 9.08. The van der Waals surface area contributed by atoms with Crippen molar-refractivity contribution in [1.82, 2.24) is 9.38 Å². The summed E-state index contributed by atoms with van der Waals surface area (Å²) in [6, 6.07) is 12.0. The van der Waals surface area contributed by atoms with Crippen LogP contribution in [0, 0.1) is 0 Å². The number of ether oxygens (including phenoxy) is 1. The van der Waals surface area contributed by atoms with Crippen LogP contribution in [0.1, 0.15) is 18.4 Å². The zero-order valence-electron chi connectivity index (χ0n) is 19.1. The number of aliphatic carboxylic acids is 1. The maximum absolute atomic E-state index is 13.7. The van der Waals surface area contributed by atoms with E-state index in [2.05, 4.69) is 4.98 Å². The van der Waals surface area contributed by atoms with E-state index >= 15 is 0 Å². The molecule has 192 valence electrons. The first-order valence-electron chi connectivity index (χ1n) is 11.2. The number of pyridine rings is 1. The van der Waals surface area contributed by atoms with E-state index in [0.717, 1.165) is 22.5 Å². The predicted molar refractivity (Wildman–Crippen MR) is 128 cm³/mol. The molecule has 8 nitrogen and oxygen atoms in total. The SMILES string of the molecule is O=C(O)CCC1CN(S(=O)(=O)c2cccc(C(F)(F)F)c2)c2cc(-c3cccn4ccnc34)ccc2O1. The Hall–Kier alpha value is -4.06. The standard InChI is InChI=1S/C25H20F3N3O5S/c26-25(27,28)17-3-1-4-19(14-17)37(34,35)31-15-18(7-9-23(32)33)36-22-8-6-16(13-21(22)31)20-5-2-11-30-12-10-29-24(20)30/h1-6,8,10-14,18H,7,9,15H2,(H,32,33). The number of hydrogen-bond acceptors (Lipinski definition) is 5. The van der Waals surface area contributed by atoms with Crippen LogP contribution in [0.15, 0.2) is 78.1 Å². The second-order valence-electron chi connectivity index (χ2n) is 8.50. The van der Waals surface area contributed by atoms with Crippen molar-refractivity contribution >= 4 is 27.3 Å². The van der Waals surface area contributed by atoms with Crippen LogP contribution in [0.4, 0.5) is 18.9 Å². The molecule has 0 spiro atoms. The molecule has 1 atom stereocenters. The van der Waals surface area contributed by atoms with E-state index in [1.54, 1.807) is 41.1 Å². The van der Waals surface area contributed by atoms with Gasteiger partial charge < -0.3 is 14.2 Å². The van der Waals surface area contributed by atoms with E-state index in [1.807, 2.05) is 12.3 Å². The van der Waals surface area contributed by atoms with Crippen molar-refractivity contribution in [3.05, 3.63) is 78.8 Å². The van der Waals surface area contributed by atoms with Gasteiger partial charge in [0.1, 0.15) is 17.5 Å². The quantitative estimate of drug-likeness (QED) is 0.382. The van der Waals surface area contributed by atoms with Gasteiger partial charge in [-0.2, -0.15) is 13.2 Å². The number of carboxylic acids is 1. The van der Waals surface area contributed by atoms with Gasteiger partial charge in [0.15, 0.2) is 0 Å². The summed E-state index contributed by atoms with van der Waals surface area (Å²) in [7, 11) is -4.48. The largest absolute Gasteiger partial charge is 0.486 e. The number of alkyl halides is 3. The molecule has 0 aliphatic carbocycles. The lowest BCUT2D eigenvalue weighted by molar-refractivity contribution is -0.138. The molecule has 0 saturated carbocycles. The molecule has 0 saturated heterocycles. The molecule has 0 radical (unpaired) electrons. The van der Waals surface area contributed by atoms with Crippen LogP contribution >= 0.6 is 0 Å². The van der Waals surface area contributed by atoms with E-state index in [9.17, 15) is 26.4 Å². The Kier molecular flexibility index (Phi) is 6.06. The van der Waals surface area contributed by atoms with Gasteiger partial charge >= 0.3 is 12.1 Å². The van der Waals surface area contributed by atoms with Gasteiger partial charge in [0.05, 0.1) is 22.7 Å². The van der Waals surface area contributed by atoms with Gasteiger partial charge in [0, 0.05) is 30.6 Å². The molecule has 4 aromatic rings. The molecule has 12 heteroatoms. The molecule has 0 amide bonds. The highest BCUT2D eigenvalue weighted by Crippen LogP contribution is 2.41. The lowest BCUT2D eigenvalue weighted by Gasteiger charge is -2.35. The highest BCUT2D eigenvalue weighted by atomic mass is 32.2. The third kappa shape index (κ3) is 4.71. The number of nitrogens with zero attached hydrogens (tertiary/aromatic N) is 3. The summed E-state index contributed by atoms with van der Waals surface area (Å²) in [5.74, 6) is -0.902. The molecule has 2 aromatic heterocycles. The van der Waals surface area contributed by atoms with Crippen LogP contribution in [0.2, 0.25) is 0 Å². The van der Waals surface area contributed by atoms with Gasteiger partial charge in [-0.05, 0) is 54.4 Å². The van der Waals surface area contributed by atoms with Crippen molar-refractivity contribution in [2.75, 3.05) is 10.8 Å². The van der Waals surface area contributed by atoms with Crippen LogP contribution < -0.4 is 9.04 Å².